The summed E-state index contributed by atoms with van der Waals surface area (Å²) in [7, 11) is 0. The van der Waals surface area contributed by atoms with Gasteiger partial charge in [0.2, 0.25) is 5.78 Å². The molecule has 0 spiro atoms. The first-order chi connectivity index (χ1) is 12.5. The van der Waals surface area contributed by atoms with Crippen LogP contribution in [0.4, 0.5) is 0 Å². The Morgan fingerprint density at radius 3 is 2.69 bits per heavy atom. The van der Waals surface area contributed by atoms with E-state index in [0.717, 1.165) is 29.3 Å². The number of Topliss-reactive ketones (excluding diaryl/α,β-unsaturated/α-hetero) is 1. The van der Waals surface area contributed by atoms with Crippen molar-refractivity contribution in [3.63, 3.8) is 0 Å². The Morgan fingerprint density at radius 2 is 1.88 bits per heavy atom. The molecule has 0 N–H and O–H groups in total. The van der Waals surface area contributed by atoms with Gasteiger partial charge >= 0.3 is 5.97 Å². The van der Waals surface area contributed by atoms with Gasteiger partial charge in [-0.15, -0.1) is 11.3 Å². The summed E-state index contributed by atoms with van der Waals surface area (Å²) < 4.78 is 6.34. The van der Waals surface area contributed by atoms with E-state index in [0.29, 0.717) is 15.5 Å². The lowest BCUT2D eigenvalue weighted by molar-refractivity contribution is 0.0324. The molecule has 0 amide bonds. The van der Waals surface area contributed by atoms with Crippen LogP contribution in [0.1, 0.15) is 44.5 Å². The van der Waals surface area contributed by atoms with Crippen LogP contribution in [0.5, 0.6) is 0 Å². The predicted octanol–water partition coefficient (Wildman–Crippen LogP) is 5.47. The summed E-state index contributed by atoms with van der Waals surface area (Å²) in [6.07, 6.45) is 2.34. The molecule has 2 aromatic carbocycles. The van der Waals surface area contributed by atoms with Crippen LogP contribution in [0.3, 0.4) is 0 Å². The van der Waals surface area contributed by atoms with Gasteiger partial charge in [-0.2, -0.15) is 0 Å². The first-order valence-corrected chi connectivity index (χ1v) is 9.78. The van der Waals surface area contributed by atoms with E-state index in [2.05, 4.69) is 0 Å². The van der Waals surface area contributed by atoms with E-state index in [4.69, 9.17) is 16.3 Å². The summed E-state index contributed by atoms with van der Waals surface area (Å²) in [5.41, 5.74) is 3.12. The van der Waals surface area contributed by atoms with Crippen LogP contribution in [0, 0.1) is 0 Å². The molecule has 3 nitrogen and oxygen atoms in total. The molecule has 0 saturated heterocycles. The third kappa shape index (κ3) is 3.04. The molecular formula is C21H17ClO3S. The average Bonchev–Trinajstić information content (AvgIpc) is 3.25. The number of carbonyl (C=O) groups is 2. The van der Waals surface area contributed by atoms with E-state index < -0.39 is 12.1 Å². The minimum Gasteiger partial charge on any atom is -0.450 e. The molecule has 5 heteroatoms. The van der Waals surface area contributed by atoms with Crippen molar-refractivity contribution < 1.29 is 14.3 Å². The highest BCUT2D eigenvalue weighted by atomic mass is 35.5. The average molecular weight is 385 g/mol. The van der Waals surface area contributed by atoms with E-state index in [9.17, 15) is 9.59 Å². The van der Waals surface area contributed by atoms with Crippen molar-refractivity contribution in [2.24, 2.45) is 0 Å². The molecule has 0 fully saturated rings. The molecule has 132 valence electrons. The summed E-state index contributed by atoms with van der Waals surface area (Å²) in [5.74, 6) is -0.747. The second-order valence-corrected chi connectivity index (χ2v) is 7.92. The normalized spacial score (nSPS) is 14.2. The topological polar surface area (TPSA) is 43.4 Å². The van der Waals surface area contributed by atoms with Crippen molar-refractivity contribution in [2.75, 3.05) is 0 Å². The van der Waals surface area contributed by atoms with E-state index in [-0.39, 0.29) is 5.78 Å². The number of ether oxygens (including phenoxy) is 1. The Hall–Kier alpha value is -2.17. The third-order valence-electron chi connectivity index (χ3n) is 4.76. The first-order valence-electron chi connectivity index (χ1n) is 8.58. The van der Waals surface area contributed by atoms with Crippen LogP contribution >= 0.6 is 22.9 Å². The smallest absolute Gasteiger partial charge is 0.350 e. The number of rotatable bonds is 4. The van der Waals surface area contributed by atoms with Crippen LogP contribution in [-0.2, 0) is 17.6 Å². The van der Waals surface area contributed by atoms with Crippen LogP contribution in [0.15, 0.2) is 42.5 Å². The summed E-state index contributed by atoms with van der Waals surface area (Å²) in [5, 5.41) is 1.21. The summed E-state index contributed by atoms with van der Waals surface area (Å²) in [6.45, 7) is 1.61. The molecule has 0 unspecified atom stereocenters. The minimum absolute atomic E-state index is 0.190. The number of carbonyl (C=O) groups excluding carboxylic acids is 2. The fraction of sp³-hybridized carbons (Fsp3) is 0.238. The van der Waals surface area contributed by atoms with Gasteiger partial charge in [0.15, 0.2) is 6.10 Å². The number of ketones is 1. The molecule has 1 aliphatic carbocycles. The quantitative estimate of drug-likeness (QED) is 0.442. The minimum atomic E-state index is -0.858. The fourth-order valence-electron chi connectivity index (χ4n) is 3.37. The van der Waals surface area contributed by atoms with E-state index in [1.54, 1.807) is 6.92 Å². The molecule has 4 rings (SSSR count). The number of esters is 1. The highest BCUT2D eigenvalue weighted by molar-refractivity contribution is 7.21. The second-order valence-electron chi connectivity index (χ2n) is 6.49. The van der Waals surface area contributed by atoms with Crippen LogP contribution in [0.2, 0.25) is 5.02 Å². The third-order valence-corrected chi connectivity index (χ3v) is 6.41. The van der Waals surface area contributed by atoms with E-state index in [1.807, 2.05) is 42.5 Å². The second kappa shape index (κ2) is 6.86. The molecule has 26 heavy (non-hydrogen) atoms. The summed E-state index contributed by atoms with van der Waals surface area (Å²) in [6, 6.07) is 13.3. The molecule has 1 aromatic heterocycles. The zero-order chi connectivity index (χ0) is 18.3. The van der Waals surface area contributed by atoms with Gasteiger partial charge in [0.25, 0.3) is 0 Å². The highest BCUT2D eigenvalue weighted by Gasteiger charge is 2.25. The maximum Gasteiger partial charge on any atom is 0.350 e. The van der Waals surface area contributed by atoms with Gasteiger partial charge in [0, 0.05) is 15.6 Å². The van der Waals surface area contributed by atoms with Gasteiger partial charge in [-0.25, -0.2) is 4.79 Å². The number of aryl methyl sites for hydroxylation is 2. The number of hydrogen-bond donors (Lipinski definition) is 0. The molecule has 0 saturated carbocycles. The van der Waals surface area contributed by atoms with Crippen LogP contribution < -0.4 is 0 Å². The SMILES string of the molecule is C[C@H](OC(=O)c1sc2ccccc2c1Cl)C(=O)c1ccc2c(c1)CCC2. The molecule has 1 atom stereocenters. The predicted molar refractivity (Wildman–Crippen MR) is 105 cm³/mol. The molecule has 0 bridgehead atoms. The number of thiophene rings is 1. The highest BCUT2D eigenvalue weighted by Crippen LogP contribution is 2.35. The number of benzene rings is 2. The Labute approximate surface area is 160 Å². The van der Waals surface area contributed by atoms with Gasteiger partial charge in [-0.3, -0.25) is 4.79 Å². The molecule has 0 aliphatic heterocycles. The fourth-order valence-corrected chi connectivity index (χ4v) is 4.76. The Kier molecular flexibility index (Phi) is 4.55. The van der Waals surface area contributed by atoms with Crippen molar-refractivity contribution in [3.8, 4) is 0 Å². The zero-order valence-electron chi connectivity index (χ0n) is 14.3. The molecule has 1 heterocycles. The Balaban J connectivity index is 1.53. The largest absolute Gasteiger partial charge is 0.450 e. The van der Waals surface area contributed by atoms with E-state index >= 15 is 0 Å². The van der Waals surface area contributed by atoms with Gasteiger partial charge in [-0.05, 0) is 49.4 Å². The van der Waals surface area contributed by atoms with Crippen molar-refractivity contribution in [3.05, 3.63) is 69.1 Å². The Morgan fingerprint density at radius 1 is 1.12 bits per heavy atom. The lowest BCUT2D eigenvalue weighted by Gasteiger charge is -2.12. The zero-order valence-corrected chi connectivity index (χ0v) is 15.8. The lowest BCUT2D eigenvalue weighted by atomic mass is 10.0. The van der Waals surface area contributed by atoms with Gasteiger partial charge in [-0.1, -0.05) is 41.9 Å². The van der Waals surface area contributed by atoms with Crippen molar-refractivity contribution in [1.82, 2.24) is 0 Å². The number of hydrogen-bond acceptors (Lipinski definition) is 4. The van der Waals surface area contributed by atoms with E-state index in [1.165, 1.54) is 22.5 Å². The standard InChI is InChI=1S/C21H17ClO3S/c1-12(19(23)15-10-9-13-5-4-6-14(13)11-15)25-21(24)20-18(22)16-7-2-3-8-17(16)26-20/h2-3,7-12H,4-6H2,1H3/t12-/m0/s1. The van der Waals surface area contributed by atoms with Crippen LogP contribution in [-0.4, -0.2) is 17.9 Å². The van der Waals surface area contributed by atoms with Gasteiger partial charge in [0.05, 0.1) is 5.02 Å². The van der Waals surface area contributed by atoms with Crippen LogP contribution in [0.25, 0.3) is 10.1 Å². The first kappa shape index (κ1) is 17.3. The van der Waals surface area contributed by atoms with Crippen molar-refractivity contribution in [2.45, 2.75) is 32.3 Å². The maximum absolute atomic E-state index is 12.7. The summed E-state index contributed by atoms with van der Waals surface area (Å²) in [4.78, 5) is 25.5. The summed E-state index contributed by atoms with van der Waals surface area (Å²) >= 11 is 7.60. The number of halogens is 1. The molecular weight excluding hydrogens is 368 g/mol. The van der Waals surface area contributed by atoms with Gasteiger partial charge in [0.1, 0.15) is 4.88 Å². The molecule has 0 radical (unpaired) electrons. The van der Waals surface area contributed by atoms with Crippen molar-refractivity contribution >= 4 is 44.8 Å². The number of fused-ring (bicyclic) bond motifs is 2. The lowest BCUT2D eigenvalue weighted by Crippen LogP contribution is -2.24. The maximum atomic E-state index is 12.7. The van der Waals surface area contributed by atoms with Gasteiger partial charge < -0.3 is 4.74 Å². The molecule has 3 aromatic rings. The monoisotopic (exact) mass is 384 g/mol. The molecule has 1 aliphatic rings. The Bertz CT molecular complexity index is 1020. The van der Waals surface area contributed by atoms with Crippen molar-refractivity contribution in [1.29, 1.82) is 0 Å².